The van der Waals surface area contributed by atoms with E-state index in [-0.39, 0.29) is 12.6 Å². The Labute approximate surface area is 200 Å². The maximum atomic E-state index is 12.2. The van der Waals surface area contributed by atoms with Crippen LogP contribution in [0.25, 0.3) is 17.2 Å². The smallest absolute Gasteiger partial charge is 0.433 e. The number of hydrogen-bond acceptors (Lipinski definition) is 7. The van der Waals surface area contributed by atoms with Crippen LogP contribution in [0.3, 0.4) is 0 Å². The number of hydrogen-bond donors (Lipinski definition) is 1. The number of nitrogens with one attached hydrogen (secondary N) is 1. The van der Waals surface area contributed by atoms with E-state index >= 15 is 0 Å². The van der Waals surface area contributed by atoms with E-state index < -0.39 is 6.09 Å². The molecule has 3 heterocycles. The molecule has 172 valence electrons. The molecular weight excluding hydrogens is 454 g/mol. The average molecular weight is 476 g/mol. The fourth-order valence-electron chi connectivity index (χ4n) is 3.93. The number of aromatic nitrogens is 5. The normalized spacial score (nSPS) is 17.1. The van der Waals surface area contributed by atoms with Gasteiger partial charge in [-0.2, -0.15) is 4.99 Å². The summed E-state index contributed by atoms with van der Waals surface area (Å²) >= 11 is 6.38. The van der Waals surface area contributed by atoms with E-state index in [2.05, 4.69) is 30.5 Å². The number of benzene rings is 1. The molecule has 10 heteroatoms. The van der Waals surface area contributed by atoms with Crippen LogP contribution in [0.2, 0.25) is 5.02 Å². The highest BCUT2D eigenvalue weighted by atomic mass is 35.5. The molecule has 34 heavy (non-hydrogen) atoms. The number of anilines is 1. The van der Waals surface area contributed by atoms with Crippen molar-refractivity contribution < 1.29 is 9.53 Å². The number of halogens is 1. The summed E-state index contributed by atoms with van der Waals surface area (Å²) in [5, 5.41) is 12.1. The molecule has 9 nitrogen and oxygen atoms in total. The van der Waals surface area contributed by atoms with Crippen molar-refractivity contribution in [1.82, 2.24) is 24.6 Å². The molecule has 1 aliphatic rings. The van der Waals surface area contributed by atoms with Gasteiger partial charge in [-0.15, -0.1) is 10.2 Å². The largest absolute Gasteiger partial charge is 0.443 e. The van der Waals surface area contributed by atoms with E-state index in [1.54, 1.807) is 6.20 Å². The van der Waals surface area contributed by atoms with Gasteiger partial charge in [0.2, 0.25) is 5.95 Å². The zero-order chi connectivity index (χ0) is 23.3. The van der Waals surface area contributed by atoms with Crippen LogP contribution in [-0.2, 0) is 11.3 Å². The second-order valence-corrected chi connectivity index (χ2v) is 8.41. The molecule has 0 aliphatic heterocycles. The molecule has 1 aromatic carbocycles. The predicted molar refractivity (Wildman–Crippen MR) is 129 cm³/mol. The lowest BCUT2D eigenvalue weighted by Gasteiger charge is -2.24. The number of amides is 1. The summed E-state index contributed by atoms with van der Waals surface area (Å²) in [6, 6.07) is 15.2. The second kappa shape index (κ2) is 9.96. The van der Waals surface area contributed by atoms with Crippen molar-refractivity contribution in [2.75, 3.05) is 5.32 Å². The summed E-state index contributed by atoms with van der Waals surface area (Å²) in [5.41, 5.74) is 2.93. The molecule has 1 amide bonds. The number of pyridine rings is 1. The number of fused-ring (bicyclic) bond motifs is 1. The van der Waals surface area contributed by atoms with Gasteiger partial charge in [0.25, 0.3) is 0 Å². The number of nitrogens with zero attached hydrogens (tertiary/aromatic N) is 6. The van der Waals surface area contributed by atoms with Crippen molar-refractivity contribution in [2.24, 2.45) is 4.99 Å². The van der Waals surface area contributed by atoms with Gasteiger partial charge in [-0.3, -0.25) is 4.40 Å². The summed E-state index contributed by atoms with van der Waals surface area (Å²) in [4.78, 5) is 25.3. The van der Waals surface area contributed by atoms with Gasteiger partial charge in [0.05, 0.1) is 11.2 Å². The van der Waals surface area contributed by atoms with E-state index in [1.165, 1.54) is 0 Å². The Hall–Kier alpha value is -3.85. The minimum atomic E-state index is -0.566. The van der Waals surface area contributed by atoms with Gasteiger partial charge in [-0.25, -0.2) is 14.8 Å². The molecule has 0 bridgehead atoms. The summed E-state index contributed by atoms with van der Waals surface area (Å²) in [6.45, 7) is 0.205. The monoisotopic (exact) mass is 475 g/mol. The van der Waals surface area contributed by atoms with Crippen LogP contribution >= 0.6 is 11.6 Å². The van der Waals surface area contributed by atoms with E-state index in [0.29, 0.717) is 34.6 Å². The molecule has 5 rings (SSSR count). The maximum Gasteiger partial charge on any atom is 0.433 e. The first-order chi connectivity index (χ1) is 16.7. The lowest BCUT2D eigenvalue weighted by Crippen LogP contribution is -2.29. The number of ether oxygens (including phenoxy) is 1. The van der Waals surface area contributed by atoms with Crippen LogP contribution in [0.4, 0.5) is 10.7 Å². The molecule has 1 atom stereocenters. The van der Waals surface area contributed by atoms with E-state index in [1.807, 2.05) is 59.1 Å². The Morgan fingerprint density at radius 2 is 2.03 bits per heavy atom. The van der Waals surface area contributed by atoms with Crippen molar-refractivity contribution in [3.8, 4) is 11.5 Å². The zero-order valence-electron chi connectivity index (χ0n) is 18.3. The molecule has 1 saturated carbocycles. The Morgan fingerprint density at radius 3 is 2.91 bits per heavy atom. The lowest BCUT2D eigenvalue weighted by atomic mass is 9.93. The minimum absolute atomic E-state index is 0.0404. The van der Waals surface area contributed by atoms with Crippen LogP contribution in [0.5, 0.6) is 0 Å². The number of aliphatic imine (C=N–C) groups is 1. The van der Waals surface area contributed by atoms with Crippen LogP contribution in [-0.4, -0.2) is 42.4 Å². The summed E-state index contributed by atoms with van der Waals surface area (Å²) in [7, 11) is 0. The Kier molecular flexibility index (Phi) is 6.44. The van der Waals surface area contributed by atoms with Crippen LogP contribution in [0.1, 0.15) is 31.2 Å². The first kappa shape index (κ1) is 22.0. The highest BCUT2D eigenvalue weighted by Crippen LogP contribution is 2.26. The molecule has 0 unspecified atom stereocenters. The van der Waals surface area contributed by atoms with Gasteiger partial charge in [0.1, 0.15) is 12.3 Å². The summed E-state index contributed by atoms with van der Waals surface area (Å²) in [5.74, 6) is 0.975. The van der Waals surface area contributed by atoms with Crippen LogP contribution < -0.4 is 5.32 Å². The Balaban J connectivity index is 1.26. The zero-order valence-corrected chi connectivity index (χ0v) is 19.0. The van der Waals surface area contributed by atoms with Gasteiger partial charge in [-0.1, -0.05) is 48.0 Å². The molecule has 1 N–H and O–H groups in total. The minimum Gasteiger partial charge on any atom is -0.443 e. The first-order valence-corrected chi connectivity index (χ1v) is 11.4. The van der Waals surface area contributed by atoms with E-state index in [9.17, 15) is 4.79 Å². The number of rotatable bonds is 5. The van der Waals surface area contributed by atoms with Gasteiger partial charge in [0, 0.05) is 24.4 Å². The Bertz CT molecular complexity index is 1340. The standard InChI is InChI=1S/C24H22ClN7O2/c25-19-14-26-23(29-21(19)22-31-30-20-11-4-5-12-32(20)22)27-17-9-6-10-18(13-17)28-24(33)34-15-16-7-2-1-3-8-16/h1-5,7-8,11-12,14,17H,6,9-10,13,15H2,(H,26,27,29)/b28-18+/t17-/m1/s1. The van der Waals surface area contributed by atoms with Crippen molar-refractivity contribution in [3.63, 3.8) is 0 Å². The van der Waals surface area contributed by atoms with E-state index in [4.69, 9.17) is 16.3 Å². The molecule has 0 spiro atoms. The lowest BCUT2D eigenvalue weighted by molar-refractivity contribution is 0.150. The highest BCUT2D eigenvalue weighted by molar-refractivity contribution is 6.32. The van der Waals surface area contributed by atoms with Gasteiger partial charge < -0.3 is 10.1 Å². The molecule has 3 aromatic heterocycles. The first-order valence-electron chi connectivity index (χ1n) is 11.0. The molecule has 0 saturated heterocycles. The maximum absolute atomic E-state index is 12.2. The third-order valence-corrected chi connectivity index (χ3v) is 5.83. The summed E-state index contributed by atoms with van der Waals surface area (Å²) < 4.78 is 7.11. The fraction of sp³-hybridized carbons (Fsp3) is 0.250. The van der Waals surface area contributed by atoms with Gasteiger partial charge in [-0.05, 0) is 37.0 Å². The van der Waals surface area contributed by atoms with Crippen molar-refractivity contribution in [1.29, 1.82) is 0 Å². The van der Waals surface area contributed by atoms with Crippen molar-refractivity contribution in [3.05, 3.63) is 71.5 Å². The molecule has 1 aliphatic carbocycles. The van der Waals surface area contributed by atoms with Crippen molar-refractivity contribution >= 4 is 35.0 Å². The molecule has 1 fully saturated rings. The van der Waals surface area contributed by atoms with Gasteiger partial charge >= 0.3 is 6.09 Å². The molecular formula is C24H22ClN7O2. The molecule has 4 aromatic rings. The molecule has 0 radical (unpaired) electrons. The van der Waals surface area contributed by atoms with Gasteiger partial charge in [0.15, 0.2) is 11.5 Å². The third kappa shape index (κ3) is 5.04. The van der Waals surface area contributed by atoms with Crippen LogP contribution in [0, 0.1) is 0 Å². The average Bonchev–Trinajstić information content (AvgIpc) is 3.29. The summed E-state index contributed by atoms with van der Waals surface area (Å²) in [6.07, 6.45) is 6.02. The number of carbonyl (C=O) groups excluding carboxylic acids is 1. The SMILES string of the molecule is O=C(/N=C1\CCC[C@@H](Nc2ncc(Cl)c(-c3nnc4ccccn34)n2)C1)OCc1ccccc1. The van der Waals surface area contributed by atoms with E-state index in [0.717, 1.165) is 30.5 Å². The van der Waals surface area contributed by atoms with Crippen molar-refractivity contribution in [2.45, 2.75) is 38.3 Å². The third-order valence-electron chi connectivity index (χ3n) is 5.56. The number of carbonyl (C=O) groups is 1. The Morgan fingerprint density at radius 1 is 1.18 bits per heavy atom. The highest BCUT2D eigenvalue weighted by Gasteiger charge is 2.21. The topological polar surface area (TPSA) is 107 Å². The quantitative estimate of drug-likeness (QED) is 0.434. The fourth-order valence-corrected chi connectivity index (χ4v) is 4.10. The predicted octanol–water partition coefficient (Wildman–Crippen LogP) is 4.97. The van der Waals surface area contributed by atoms with Crippen LogP contribution in [0.15, 0.2) is 65.9 Å². The second-order valence-electron chi connectivity index (χ2n) is 8.00.